The van der Waals surface area contributed by atoms with Gasteiger partial charge in [0.05, 0.1) is 6.54 Å². The largest absolute Gasteiger partial charge is 0.480 e. The van der Waals surface area contributed by atoms with Crippen molar-refractivity contribution < 1.29 is 33.8 Å². The molecule has 1 aromatic rings. The number of amides is 4. The predicted octanol–water partition coefficient (Wildman–Crippen LogP) is 0.149. The van der Waals surface area contributed by atoms with E-state index in [2.05, 4.69) is 21.3 Å². The van der Waals surface area contributed by atoms with Crippen molar-refractivity contribution in [2.45, 2.75) is 45.9 Å². The van der Waals surface area contributed by atoms with Crippen molar-refractivity contribution >= 4 is 29.8 Å². The minimum absolute atomic E-state index is 0.0471. The Labute approximate surface area is 186 Å². The second kappa shape index (κ2) is 13.6. The quantitative estimate of drug-likeness (QED) is 0.303. The Hall–Kier alpha value is -3.63. The standard InChI is InChI=1S/C21H30N4O7/c1-13(2)9-16(25-21(31)32-12-15-7-5-4-6-8-15)20(30)24-14(3)19(29)23-10-17(26)22-11-18(27)28/h4-8,13-14,16H,9-12H2,1-3H3,(H,22,26)(H,23,29)(H,24,30)(H,25,31)(H,27,28)/t14-,16-/m0/s1. The Morgan fingerprint density at radius 1 is 0.906 bits per heavy atom. The van der Waals surface area contributed by atoms with Gasteiger partial charge in [0, 0.05) is 0 Å². The molecule has 11 nitrogen and oxygen atoms in total. The highest BCUT2D eigenvalue weighted by molar-refractivity contribution is 5.93. The Bertz CT molecular complexity index is 799. The van der Waals surface area contributed by atoms with Gasteiger partial charge in [-0.05, 0) is 24.8 Å². The van der Waals surface area contributed by atoms with Gasteiger partial charge in [-0.1, -0.05) is 44.2 Å². The molecule has 0 aromatic heterocycles. The van der Waals surface area contributed by atoms with E-state index in [1.54, 1.807) is 12.1 Å². The van der Waals surface area contributed by atoms with Crippen LogP contribution in [0.1, 0.15) is 32.8 Å². The topological polar surface area (TPSA) is 163 Å². The molecule has 0 aliphatic rings. The maximum Gasteiger partial charge on any atom is 0.408 e. The zero-order valence-corrected chi connectivity index (χ0v) is 18.3. The first-order valence-corrected chi connectivity index (χ1v) is 10.1. The number of benzene rings is 1. The second-order valence-corrected chi connectivity index (χ2v) is 7.51. The number of nitrogens with one attached hydrogen (secondary N) is 4. The third-order valence-corrected chi connectivity index (χ3v) is 4.14. The number of aliphatic carboxylic acids is 1. The minimum Gasteiger partial charge on any atom is -0.480 e. The van der Waals surface area contributed by atoms with Crippen LogP contribution in [0.5, 0.6) is 0 Å². The molecule has 0 radical (unpaired) electrons. The summed E-state index contributed by atoms with van der Waals surface area (Å²) in [6.45, 7) is 4.22. The molecular formula is C21H30N4O7. The van der Waals surface area contributed by atoms with Gasteiger partial charge in [0.1, 0.15) is 25.2 Å². The average molecular weight is 450 g/mol. The van der Waals surface area contributed by atoms with Crippen LogP contribution in [0.3, 0.4) is 0 Å². The average Bonchev–Trinajstić information content (AvgIpc) is 2.74. The van der Waals surface area contributed by atoms with E-state index in [1.165, 1.54) is 6.92 Å². The van der Waals surface area contributed by atoms with Crippen LogP contribution in [0.2, 0.25) is 0 Å². The highest BCUT2D eigenvalue weighted by atomic mass is 16.5. The van der Waals surface area contributed by atoms with E-state index < -0.39 is 55.0 Å². The number of rotatable bonds is 12. The van der Waals surface area contributed by atoms with Gasteiger partial charge in [0.15, 0.2) is 0 Å². The number of hydrogen-bond acceptors (Lipinski definition) is 6. The lowest BCUT2D eigenvalue weighted by atomic mass is 10.0. The summed E-state index contributed by atoms with van der Waals surface area (Å²) in [5.41, 5.74) is 0.796. The molecule has 0 bridgehead atoms. The van der Waals surface area contributed by atoms with E-state index in [0.717, 1.165) is 5.56 Å². The number of hydrogen-bond donors (Lipinski definition) is 5. The molecule has 0 aliphatic carbocycles. The lowest BCUT2D eigenvalue weighted by Gasteiger charge is -2.22. The first kappa shape index (κ1) is 26.4. The molecule has 4 amide bonds. The van der Waals surface area contributed by atoms with Gasteiger partial charge in [-0.25, -0.2) is 4.79 Å². The molecule has 176 valence electrons. The van der Waals surface area contributed by atoms with Gasteiger partial charge in [-0.15, -0.1) is 0 Å². The summed E-state index contributed by atoms with van der Waals surface area (Å²) in [6.07, 6.45) is -0.445. The molecule has 1 aromatic carbocycles. The SMILES string of the molecule is CC(C)C[C@H](NC(=O)OCc1ccccc1)C(=O)N[C@@H](C)C(=O)NCC(=O)NCC(=O)O. The van der Waals surface area contributed by atoms with Gasteiger partial charge >= 0.3 is 12.1 Å². The van der Waals surface area contributed by atoms with Crippen LogP contribution in [0.25, 0.3) is 0 Å². The van der Waals surface area contributed by atoms with Gasteiger partial charge < -0.3 is 31.1 Å². The van der Waals surface area contributed by atoms with E-state index in [0.29, 0.717) is 6.42 Å². The van der Waals surface area contributed by atoms with E-state index in [9.17, 15) is 24.0 Å². The third-order valence-electron chi connectivity index (χ3n) is 4.14. The Morgan fingerprint density at radius 3 is 2.16 bits per heavy atom. The van der Waals surface area contributed by atoms with E-state index in [4.69, 9.17) is 9.84 Å². The zero-order valence-electron chi connectivity index (χ0n) is 18.3. The fraction of sp³-hybridized carbons (Fsp3) is 0.476. The highest BCUT2D eigenvalue weighted by Gasteiger charge is 2.26. The second-order valence-electron chi connectivity index (χ2n) is 7.51. The molecule has 32 heavy (non-hydrogen) atoms. The normalized spacial score (nSPS) is 12.2. The fourth-order valence-electron chi connectivity index (χ4n) is 2.55. The van der Waals surface area contributed by atoms with Crippen LogP contribution < -0.4 is 21.3 Å². The van der Waals surface area contributed by atoms with Crippen molar-refractivity contribution in [2.24, 2.45) is 5.92 Å². The molecule has 0 heterocycles. The lowest BCUT2D eigenvalue weighted by Crippen LogP contribution is -2.53. The van der Waals surface area contributed by atoms with Crippen molar-refractivity contribution in [1.29, 1.82) is 0 Å². The summed E-state index contributed by atoms with van der Waals surface area (Å²) in [5.74, 6) is -3.04. The predicted molar refractivity (Wildman–Crippen MR) is 114 cm³/mol. The molecule has 2 atom stereocenters. The van der Waals surface area contributed by atoms with Crippen LogP contribution in [0.15, 0.2) is 30.3 Å². The van der Waals surface area contributed by atoms with Crippen molar-refractivity contribution in [3.63, 3.8) is 0 Å². The summed E-state index contributed by atoms with van der Waals surface area (Å²) >= 11 is 0. The van der Waals surface area contributed by atoms with Crippen molar-refractivity contribution in [3.05, 3.63) is 35.9 Å². The van der Waals surface area contributed by atoms with E-state index in [-0.39, 0.29) is 12.5 Å². The summed E-state index contributed by atoms with van der Waals surface area (Å²) in [5, 5.41) is 17.9. The Morgan fingerprint density at radius 2 is 1.56 bits per heavy atom. The summed E-state index contributed by atoms with van der Waals surface area (Å²) in [6, 6.07) is 7.15. The molecular weight excluding hydrogens is 420 g/mol. The molecule has 0 saturated heterocycles. The van der Waals surface area contributed by atoms with Crippen LogP contribution in [-0.2, 0) is 30.5 Å². The maximum atomic E-state index is 12.6. The van der Waals surface area contributed by atoms with Crippen LogP contribution in [0.4, 0.5) is 4.79 Å². The minimum atomic E-state index is -1.21. The first-order chi connectivity index (χ1) is 15.1. The molecule has 5 N–H and O–H groups in total. The first-order valence-electron chi connectivity index (χ1n) is 10.1. The smallest absolute Gasteiger partial charge is 0.408 e. The number of carboxylic acids is 1. The highest BCUT2D eigenvalue weighted by Crippen LogP contribution is 2.07. The monoisotopic (exact) mass is 450 g/mol. The zero-order chi connectivity index (χ0) is 24.1. The summed E-state index contributed by atoms with van der Waals surface area (Å²) in [7, 11) is 0. The summed E-state index contributed by atoms with van der Waals surface area (Å²) in [4.78, 5) is 58.8. The summed E-state index contributed by atoms with van der Waals surface area (Å²) < 4.78 is 5.15. The Balaban J connectivity index is 2.54. The molecule has 1 rings (SSSR count). The van der Waals surface area contributed by atoms with Crippen LogP contribution in [0, 0.1) is 5.92 Å². The van der Waals surface area contributed by atoms with E-state index in [1.807, 2.05) is 32.0 Å². The number of alkyl carbamates (subject to hydrolysis) is 1. The molecule has 0 saturated carbocycles. The number of ether oxygens (including phenoxy) is 1. The fourth-order valence-corrected chi connectivity index (χ4v) is 2.55. The van der Waals surface area contributed by atoms with Crippen LogP contribution >= 0.6 is 0 Å². The van der Waals surface area contributed by atoms with Crippen LogP contribution in [-0.4, -0.2) is 60.1 Å². The molecule has 0 aliphatic heterocycles. The molecule has 0 spiro atoms. The van der Waals surface area contributed by atoms with Gasteiger partial charge in [-0.2, -0.15) is 0 Å². The van der Waals surface area contributed by atoms with Gasteiger partial charge in [0.2, 0.25) is 17.7 Å². The van der Waals surface area contributed by atoms with Crippen molar-refractivity contribution in [2.75, 3.05) is 13.1 Å². The molecule has 0 fully saturated rings. The molecule has 11 heteroatoms. The number of carboxylic acid groups (broad SMARTS) is 1. The van der Waals surface area contributed by atoms with Gasteiger partial charge in [-0.3, -0.25) is 19.2 Å². The van der Waals surface area contributed by atoms with Gasteiger partial charge in [0.25, 0.3) is 0 Å². The van der Waals surface area contributed by atoms with E-state index >= 15 is 0 Å². The third kappa shape index (κ3) is 11.0. The lowest BCUT2D eigenvalue weighted by molar-refractivity contribution is -0.138. The van der Waals surface area contributed by atoms with Crippen molar-refractivity contribution in [3.8, 4) is 0 Å². The van der Waals surface area contributed by atoms with Crippen molar-refractivity contribution in [1.82, 2.24) is 21.3 Å². The molecule has 0 unspecified atom stereocenters. The number of carbonyl (C=O) groups excluding carboxylic acids is 4. The maximum absolute atomic E-state index is 12.6. The number of carbonyl (C=O) groups is 5. The Kier molecular flexibility index (Phi) is 11.2.